The van der Waals surface area contributed by atoms with Gasteiger partial charge in [-0.3, -0.25) is 14.4 Å². The second kappa shape index (κ2) is 11.0. The minimum atomic E-state index is -0.794. The molecule has 2 amide bonds. The van der Waals surface area contributed by atoms with Crippen LogP contribution in [-0.2, 0) is 19.1 Å². The average Bonchev–Trinajstić information content (AvgIpc) is 3.42. The molecule has 3 aliphatic heterocycles. The van der Waals surface area contributed by atoms with Crippen molar-refractivity contribution in [2.45, 2.75) is 77.2 Å². The van der Waals surface area contributed by atoms with Crippen molar-refractivity contribution in [1.82, 2.24) is 15.1 Å². The van der Waals surface area contributed by atoms with Crippen molar-refractivity contribution >= 4 is 17.6 Å². The quantitative estimate of drug-likeness (QED) is 0.621. The number of piperidine rings is 1. The van der Waals surface area contributed by atoms with E-state index in [1.807, 2.05) is 45.0 Å². The van der Waals surface area contributed by atoms with Gasteiger partial charge in [0.15, 0.2) is 5.78 Å². The van der Waals surface area contributed by atoms with Crippen LogP contribution in [0, 0.1) is 5.41 Å². The highest BCUT2D eigenvalue weighted by atomic mass is 16.5. The fraction of sp³-hybridized carbons (Fsp3) is 0.679. The molecule has 0 saturated carbocycles. The number of nitrogens with zero attached hydrogens (tertiary/aromatic N) is 2. The van der Waals surface area contributed by atoms with Crippen LogP contribution in [0.4, 0.5) is 0 Å². The number of carbonyl (C=O) groups is 3. The molecule has 0 radical (unpaired) electrons. The number of carbonyl (C=O) groups excluding carboxylic acids is 3. The Kier molecular flexibility index (Phi) is 8.17. The first-order valence-corrected chi connectivity index (χ1v) is 13.2. The van der Waals surface area contributed by atoms with Crippen molar-refractivity contribution in [2.24, 2.45) is 5.41 Å². The Morgan fingerprint density at radius 3 is 2.42 bits per heavy atom. The second-order valence-electron chi connectivity index (χ2n) is 11.5. The Labute approximate surface area is 214 Å². The fourth-order valence-electron chi connectivity index (χ4n) is 5.79. The minimum absolute atomic E-state index is 0.0184. The van der Waals surface area contributed by atoms with Crippen LogP contribution in [0.5, 0.6) is 0 Å². The van der Waals surface area contributed by atoms with Crippen LogP contribution in [0.3, 0.4) is 0 Å². The number of likely N-dealkylation sites (tertiary alicyclic amines) is 2. The average molecular weight is 500 g/mol. The van der Waals surface area contributed by atoms with E-state index < -0.39 is 23.6 Å². The molecule has 1 N–H and O–H groups in total. The number of hydrogen-bond acceptors (Lipinski definition) is 6. The summed E-state index contributed by atoms with van der Waals surface area (Å²) in [6, 6.07) is 6.35. The maximum absolute atomic E-state index is 13.7. The van der Waals surface area contributed by atoms with Crippen molar-refractivity contribution in [2.75, 3.05) is 39.9 Å². The Bertz CT molecular complexity index is 949. The van der Waals surface area contributed by atoms with Crippen LogP contribution < -0.4 is 5.32 Å². The van der Waals surface area contributed by atoms with E-state index in [9.17, 15) is 14.4 Å². The number of nitrogens with one attached hydrogen (secondary N) is 1. The van der Waals surface area contributed by atoms with Crippen molar-refractivity contribution in [3.8, 4) is 0 Å². The lowest BCUT2D eigenvalue weighted by Gasteiger charge is -2.35. The lowest BCUT2D eigenvalue weighted by atomic mass is 9.85. The summed E-state index contributed by atoms with van der Waals surface area (Å²) in [6.07, 6.45) is 2.64. The van der Waals surface area contributed by atoms with Crippen LogP contribution in [0.2, 0.25) is 0 Å². The molecule has 3 heterocycles. The first-order chi connectivity index (χ1) is 17.1. The molecule has 8 nitrogen and oxygen atoms in total. The van der Waals surface area contributed by atoms with Gasteiger partial charge in [0.25, 0.3) is 5.91 Å². The molecule has 0 spiro atoms. The monoisotopic (exact) mass is 499 g/mol. The fourth-order valence-corrected chi connectivity index (χ4v) is 5.79. The summed E-state index contributed by atoms with van der Waals surface area (Å²) in [5.74, 6) is -0.175. The minimum Gasteiger partial charge on any atom is -0.377 e. The molecule has 8 heteroatoms. The summed E-state index contributed by atoms with van der Waals surface area (Å²) in [5.41, 5.74) is 1.24. The molecule has 0 bridgehead atoms. The van der Waals surface area contributed by atoms with Gasteiger partial charge in [0.05, 0.1) is 6.54 Å². The van der Waals surface area contributed by atoms with E-state index in [1.54, 1.807) is 12.0 Å². The van der Waals surface area contributed by atoms with E-state index in [1.165, 1.54) is 12.0 Å². The number of rotatable bonds is 7. The number of fused-ring (bicyclic) bond motifs is 1. The number of ether oxygens (including phenoxy) is 2. The van der Waals surface area contributed by atoms with E-state index >= 15 is 0 Å². The highest BCUT2D eigenvalue weighted by Crippen LogP contribution is 2.32. The van der Waals surface area contributed by atoms with E-state index in [0.29, 0.717) is 11.5 Å². The predicted octanol–water partition coefficient (Wildman–Crippen LogP) is 2.61. The van der Waals surface area contributed by atoms with Crippen molar-refractivity contribution in [1.29, 1.82) is 0 Å². The maximum atomic E-state index is 13.7. The Balaban J connectivity index is 1.44. The number of amides is 2. The summed E-state index contributed by atoms with van der Waals surface area (Å²) < 4.78 is 11.1. The summed E-state index contributed by atoms with van der Waals surface area (Å²) in [5, 5.41) is 2.97. The Morgan fingerprint density at radius 1 is 1.17 bits per heavy atom. The van der Waals surface area contributed by atoms with Crippen LogP contribution >= 0.6 is 0 Å². The molecular formula is C28H41N3O5. The molecule has 1 aromatic rings. The first kappa shape index (κ1) is 26.8. The molecule has 0 aliphatic carbocycles. The second-order valence-corrected chi connectivity index (χ2v) is 11.5. The lowest BCUT2D eigenvalue weighted by Crippen LogP contribution is -2.57. The molecule has 1 aromatic carbocycles. The largest absolute Gasteiger partial charge is 0.377 e. The van der Waals surface area contributed by atoms with Gasteiger partial charge in [-0.1, -0.05) is 39.8 Å². The van der Waals surface area contributed by atoms with Crippen LogP contribution in [0.15, 0.2) is 24.3 Å². The zero-order chi connectivity index (χ0) is 26.0. The summed E-state index contributed by atoms with van der Waals surface area (Å²) in [4.78, 5) is 43.5. The van der Waals surface area contributed by atoms with E-state index in [0.717, 1.165) is 32.5 Å². The zero-order valence-corrected chi connectivity index (χ0v) is 22.3. The molecule has 4 rings (SSSR count). The number of Topliss-reactive ketones (excluding diaryl/α,β-unsaturated/α-hetero) is 1. The Hall–Kier alpha value is -2.29. The molecule has 3 saturated heterocycles. The van der Waals surface area contributed by atoms with Gasteiger partial charge in [0, 0.05) is 12.7 Å². The van der Waals surface area contributed by atoms with E-state index in [-0.39, 0.29) is 36.9 Å². The number of benzene rings is 1. The van der Waals surface area contributed by atoms with Gasteiger partial charge in [-0.05, 0) is 67.9 Å². The van der Waals surface area contributed by atoms with Crippen molar-refractivity contribution in [3.63, 3.8) is 0 Å². The van der Waals surface area contributed by atoms with Gasteiger partial charge < -0.3 is 24.6 Å². The van der Waals surface area contributed by atoms with Crippen molar-refractivity contribution in [3.05, 3.63) is 35.4 Å². The molecule has 0 unspecified atom stereocenters. The van der Waals surface area contributed by atoms with Crippen LogP contribution in [0.25, 0.3) is 0 Å². The van der Waals surface area contributed by atoms with Crippen molar-refractivity contribution < 1.29 is 23.9 Å². The van der Waals surface area contributed by atoms with Gasteiger partial charge in [-0.25, -0.2) is 0 Å². The van der Waals surface area contributed by atoms with Gasteiger partial charge in [0.1, 0.15) is 30.9 Å². The van der Waals surface area contributed by atoms with Crippen LogP contribution in [-0.4, -0.2) is 91.6 Å². The predicted molar refractivity (Wildman–Crippen MR) is 137 cm³/mol. The van der Waals surface area contributed by atoms with Gasteiger partial charge in [0.2, 0.25) is 5.91 Å². The molecule has 36 heavy (non-hydrogen) atoms. The number of ketones is 1. The third-order valence-electron chi connectivity index (χ3n) is 7.88. The third kappa shape index (κ3) is 5.50. The van der Waals surface area contributed by atoms with Crippen LogP contribution in [0.1, 0.15) is 68.8 Å². The maximum Gasteiger partial charge on any atom is 0.251 e. The molecule has 3 fully saturated rings. The molecule has 4 atom stereocenters. The summed E-state index contributed by atoms with van der Waals surface area (Å²) in [7, 11) is 1.56. The summed E-state index contributed by atoms with van der Waals surface area (Å²) in [6.45, 7) is 11.6. The summed E-state index contributed by atoms with van der Waals surface area (Å²) >= 11 is 0. The highest BCUT2D eigenvalue weighted by molar-refractivity contribution is 5.99. The Morgan fingerprint density at radius 2 is 1.83 bits per heavy atom. The topological polar surface area (TPSA) is 88.2 Å². The standard InChI is InChI=1S/C28H41N3O5/c1-6-13-30-14-11-19(12-15-30)18-7-9-20(10-8-18)26(33)29-25(28(2,3)4)27(34)31-16-22(35-5)24-23(31)21(32)17-36-24/h7-10,19,22-25H,6,11-17H2,1-5H3,(H,29,33)/t22-,23+,24+,25+/m0/s1. The van der Waals surface area contributed by atoms with E-state index in [2.05, 4.69) is 17.1 Å². The SMILES string of the molecule is CCCN1CCC(c2ccc(C(=O)N[C@H](C(=O)N3C[C@H](OC)[C@H]4OCC(=O)[C@H]43)C(C)(C)C)cc2)CC1. The first-order valence-electron chi connectivity index (χ1n) is 13.2. The van der Waals surface area contributed by atoms with Gasteiger partial charge >= 0.3 is 0 Å². The van der Waals surface area contributed by atoms with Gasteiger partial charge in [-0.2, -0.15) is 0 Å². The molecule has 0 aromatic heterocycles. The highest BCUT2D eigenvalue weighted by Gasteiger charge is 2.54. The van der Waals surface area contributed by atoms with E-state index in [4.69, 9.17) is 9.47 Å². The van der Waals surface area contributed by atoms with Gasteiger partial charge in [-0.15, -0.1) is 0 Å². The molecule has 3 aliphatic rings. The lowest BCUT2D eigenvalue weighted by molar-refractivity contribution is -0.140. The normalized spacial score (nSPS) is 26.2. The molecule has 198 valence electrons. The molecular weight excluding hydrogens is 458 g/mol. The third-order valence-corrected chi connectivity index (χ3v) is 7.88. The smallest absolute Gasteiger partial charge is 0.251 e. The zero-order valence-electron chi connectivity index (χ0n) is 22.3. The number of hydrogen-bond donors (Lipinski definition) is 1. The number of methoxy groups -OCH3 is 1.